The maximum atomic E-state index is 14.1. The number of ether oxygens (including phenoxy) is 3. The zero-order valence-corrected chi connectivity index (χ0v) is 27.1. The Morgan fingerprint density at radius 1 is 0.935 bits per heavy atom. The van der Waals surface area contributed by atoms with Gasteiger partial charge in [0.1, 0.15) is 16.7 Å². The first kappa shape index (κ1) is 35.1. The van der Waals surface area contributed by atoms with Crippen LogP contribution in [0.2, 0.25) is 0 Å². The summed E-state index contributed by atoms with van der Waals surface area (Å²) in [7, 11) is 1.42. The number of carbonyl (C=O) groups is 4. The molecule has 0 aromatic heterocycles. The predicted molar refractivity (Wildman–Crippen MR) is 167 cm³/mol. The first-order valence-electron chi connectivity index (χ1n) is 13.7. The van der Waals surface area contributed by atoms with Crippen LogP contribution in [0, 0.1) is 41.5 Å². The van der Waals surface area contributed by atoms with E-state index >= 15 is 0 Å². The lowest BCUT2D eigenvalue weighted by Gasteiger charge is -2.41. The van der Waals surface area contributed by atoms with Gasteiger partial charge in [-0.2, -0.15) is 5.26 Å². The number of nitriles is 1. The summed E-state index contributed by atoms with van der Waals surface area (Å²) in [5.74, 6) is -2.49. The molecule has 13 nitrogen and oxygen atoms in total. The Morgan fingerprint density at radius 2 is 1.59 bits per heavy atom. The second kappa shape index (κ2) is 14.6. The Balaban J connectivity index is 2.03. The summed E-state index contributed by atoms with van der Waals surface area (Å²) in [6.45, 7) is 8.99. The first-order chi connectivity index (χ1) is 21.6. The molecule has 14 heteroatoms. The van der Waals surface area contributed by atoms with Crippen LogP contribution < -0.4 is 4.74 Å². The standard InChI is InChI=1S/C32H32N4O9S/c1-19-13-20(2)15-22(14-19)28(37)35(32(4,5)6)34(29(38)24-9-8-10-27(43-7)21(24)3)31(40)45-18-44-30(39)25-16-23(46-17-33)11-12-26(25)36(41)42/h8-16H,18H2,1-7H3. The minimum absolute atomic E-state index is 0.0261. The highest BCUT2D eigenvalue weighted by Gasteiger charge is 2.42. The van der Waals surface area contributed by atoms with Crippen molar-refractivity contribution >= 4 is 41.3 Å². The number of thiocyanates is 1. The molecule has 0 aliphatic heterocycles. The molecule has 0 N–H and O–H groups in total. The number of nitro benzene ring substituents is 1. The van der Waals surface area contributed by atoms with E-state index in [1.54, 1.807) is 71.2 Å². The third kappa shape index (κ3) is 7.99. The lowest BCUT2D eigenvalue weighted by Crippen LogP contribution is -2.60. The van der Waals surface area contributed by atoms with E-state index in [2.05, 4.69) is 0 Å². The van der Waals surface area contributed by atoms with Crippen LogP contribution in [0.5, 0.6) is 5.75 Å². The Morgan fingerprint density at radius 3 is 2.15 bits per heavy atom. The molecule has 0 saturated heterocycles. The average molecular weight is 649 g/mol. The lowest BCUT2D eigenvalue weighted by atomic mass is 10.0. The number of hydrogen-bond donors (Lipinski definition) is 0. The first-order valence-corrected chi connectivity index (χ1v) is 14.5. The number of carbonyl (C=O) groups excluding carboxylic acids is 4. The summed E-state index contributed by atoms with van der Waals surface area (Å²) in [5.41, 5.74) is -0.0860. The normalized spacial score (nSPS) is 10.7. The summed E-state index contributed by atoms with van der Waals surface area (Å²) in [4.78, 5) is 65.7. The Labute approximate surface area is 269 Å². The highest BCUT2D eigenvalue weighted by molar-refractivity contribution is 8.03. The van der Waals surface area contributed by atoms with Crippen molar-refractivity contribution in [3.63, 3.8) is 0 Å². The van der Waals surface area contributed by atoms with Crippen molar-refractivity contribution in [3.05, 3.63) is 98.1 Å². The summed E-state index contributed by atoms with van der Waals surface area (Å²) in [5, 5.41) is 23.7. The van der Waals surface area contributed by atoms with Gasteiger partial charge in [-0.1, -0.05) is 23.3 Å². The minimum atomic E-state index is -1.36. The van der Waals surface area contributed by atoms with Crippen LogP contribution in [0.1, 0.15) is 68.5 Å². The Bertz CT molecular complexity index is 1720. The highest BCUT2D eigenvalue weighted by Crippen LogP contribution is 2.29. The van der Waals surface area contributed by atoms with Gasteiger partial charge in [-0.25, -0.2) is 14.6 Å². The van der Waals surface area contributed by atoms with Crippen molar-refractivity contribution in [1.82, 2.24) is 10.0 Å². The molecular weight excluding hydrogens is 616 g/mol. The molecule has 0 heterocycles. The number of rotatable bonds is 8. The maximum absolute atomic E-state index is 14.1. The molecule has 0 radical (unpaired) electrons. The molecule has 46 heavy (non-hydrogen) atoms. The monoisotopic (exact) mass is 648 g/mol. The van der Waals surface area contributed by atoms with Gasteiger partial charge in [-0.05, 0) is 89.7 Å². The summed E-state index contributed by atoms with van der Waals surface area (Å²) in [6, 6.07) is 13.2. The van der Waals surface area contributed by atoms with Gasteiger partial charge in [0.05, 0.1) is 17.6 Å². The molecule has 0 aliphatic rings. The fourth-order valence-corrected chi connectivity index (χ4v) is 5.00. The van der Waals surface area contributed by atoms with Crippen molar-refractivity contribution in [1.29, 1.82) is 5.26 Å². The van der Waals surface area contributed by atoms with Crippen molar-refractivity contribution < 1.29 is 38.3 Å². The molecule has 3 aromatic carbocycles. The molecule has 0 fully saturated rings. The number of nitrogens with zero attached hydrogens (tertiary/aromatic N) is 4. The van der Waals surface area contributed by atoms with Gasteiger partial charge in [0.15, 0.2) is 0 Å². The molecule has 0 aliphatic carbocycles. The van der Waals surface area contributed by atoms with E-state index in [9.17, 15) is 29.3 Å². The van der Waals surface area contributed by atoms with E-state index in [-0.39, 0.29) is 16.0 Å². The fraction of sp³-hybridized carbons (Fsp3) is 0.281. The van der Waals surface area contributed by atoms with E-state index < -0.39 is 52.4 Å². The third-order valence-electron chi connectivity index (χ3n) is 6.52. The molecule has 0 unspecified atom stereocenters. The van der Waals surface area contributed by atoms with Crippen molar-refractivity contribution in [3.8, 4) is 11.2 Å². The third-order valence-corrected chi connectivity index (χ3v) is 7.10. The van der Waals surface area contributed by atoms with Gasteiger partial charge in [-0.3, -0.25) is 19.7 Å². The average Bonchev–Trinajstić information content (AvgIpc) is 2.98. The van der Waals surface area contributed by atoms with Gasteiger partial charge >= 0.3 is 12.1 Å². The molecule has 3 aromatic rings. The number of esters is 1. The van der Waals surface area contributed by atoms with Crippen LogP contribution in [0.3, 0.4) is 0 Å². The van der Waals surface area contributed by atoms with E-state index in [1.807, 2.05) is 6.07 Å². The van der Waals surface area contributed by atoms with Crippen LogP contribution in [-0.4, -0.2) is 58.3 Å². The SMILES string of the molecule is COc1cccc(C(=O)N(C(=O)OCOC(=O)c2cc(SC#N)ccc2[N+](=O)[O-])N(C(=O)c2cc(C)cc(C)c2)C(C)(C)C)c1C. The van der Waals surface area contributed by atoms with Gasteiger partial charge in [0, 0.05) is 27.7 Å². The molecule has 0 bridgehead atoms. The number of thioether (sulfide) groups is 1. The molecular formula is C32H32N4O9S. The number of hydrogen-bond acceptors (Lipinski definition) is 11. The smallest absolute Gasteiger partial charge is 0.439 e. The Hall–Kier alpha value is -5.42. The van der Waals surface area contributed by atoms with Gasteiger partial charge < -0.3 is 14.2 Å². The molecule has 240 valence electrons. The second-order valence-electron chi connectivity index (χ2n) is 11.0. The van der Waals surface area contributed by atoms with Gasteiger partial charge in [0.25, 0.3) is 17.5 Å². The van der Waals surface area contributed by atoms with Crippen LogP contribution in [0.15, 0.2) is 59.5 Å². The largest absolute Gasteiger partial charge is 0.496 e. The zero-order valence-electron chi connectivity index (χ0n) is 26.3. The zero-order chi connectivity index (χ0) is 34.3. The highest BCUT2D eigenvalue weighted by atomic mass is 32.2. The van der Waals surface area contributed by atoms with Gasteiger partial charge in [0.2, 0.25) is 6.79 Å². The van der Waals surface area contributed by atoms with Gasteiger partial charge in [-0.15, -0.1) is 5.01 Å². The number of aryl methyl sites for hydroxylation is 2. The number of amides is 3. The molecule has 0 atom stereocenters. The number of hydrazine groups is 1. The van der Waals surface area contributed by atoms with Crippen LogP contribution in [-0.2, 0) is 9.47 Å². The van der Waals surface area contributed by atoms with E-state index in [4.69, 9.17) is 19.5 Å². The number of nitro groups is 1. The van der Waals surface area contributed by atoms with Crippen LogP contribution in [0.25, 0.3) is 0 Å². The van der Waals surface area contributed by atoms with Crippen LogP contribution >= 0.6 is 11.8 Å². The lowest BCUT2D eigenvalue weighted by molar-refractivity contribution is -0.385. The molecule has 0 saturated carbocycles. The Kier molecular flexibility index (Phi) is 11.1. The van der Waals surface area contributed by atoms with E-state index in [0.29, 0.717) is 28.1 Å². The van der Waals surface area contributed by atoms with Crippen molar-refractivity contribution in [2.75, 3.05) is 13.9 Å². The van der Waals surface area contributed by atoms with Crippen molar-refractivity contribution in [2.45, 2.75) is 52.0 Å². The van der Waals surface area contributed by atoms with E-state index in [1.165, 1.54) is 19.2 Å². The fourth-order valence-electron chi connectivity index (χ4n) is 4.58. The number of imide groups is 1. The molecule has 3 amide bonds. The number of benzene rings is 3. The summed E-state index contributed by atoms with van der Waals surface area (Å²) < 4.78 is 15.6. The quantitative estimate of drug-likeness (QED) is 0.0666. The predicted octanol–water partition coefficient (Wildman–Crippen LogP) is 6.35. The summed E-state index contributed by atoms with van der Waals surface area (Å²) in [6.07, 6.45) is -1.36. The van der Waals surface area contributed by atoms with Crippen LogP contribution in [0.4, 0.5) is 10.5 Å². The summed E-state index contributed by atoms with van der Waals surface area (Å²) >= 11 is 0.672. The number of methoxy groups -OCH3 is 1. The maximum Gasteiger partial charge on any atom is 0.439 e. The van der Waals surface area contributed by atoms with E-state index in [0.717, 1.165) is 28.3 Å². The van der Waals surface area contributed by atoms with Crippen molar-refractivity contribution in [2.24, 2.45) is 0 Å². The molecule has 0 spiro atoms. The molecule has 3 rings (SSSR count). The topological polar surface area (TPSA) is 169 Å². The second-order valence-corrected chi connectivity index (χ2v) is 11.9. The minimum Gasteiger partial charge on any atom is -0.496 e.